The van der Waals surface area contributed by atoms with Gasteiger partial charge in [-0.1, -0.05) is 11.2 Å². The minimum absolute atomic E-state index is 0.182. The van der Waals surface area contributed by atoms with Gasteiger partial charge in [-0.2, -0.15) is 10.1 Å². The Bertz CT molecular complexity index is 1020. The lowest BCUT2D eigenvalue weighted by Crippen LogP contribution is -2.28. The molecule has 0 saturated heterocycles. The van der Waals surface area contributed by atoms with Gasteiger partial charge in [0, 0.05) is 25.0 Å². The number of carbonyl (C=O) groups excluding carboxylic acids is 1. The summed E-state index contributed by atoms with van der Waals surface area (Å²) in [7, 11) is 1.68. The summed E-state index contributed by atoms with van der Waals surface area (Å²) >= 11 is 0. The van der Waals surface area contributed by atoms with Crippen LogP contribution in [0.25, 0.3) is 16.9 Å². The molecule has 4 aromatic rings. The molecule has 0 unspecified atom stereocenters. The van der Waals surface area contributed by atoms with Crippen molar-refractivity contribution in [2.24, 2.45) is 0 Å². The number of rotatable bonds is 4. The molecule has 0 radical (unpaired) electrons. The highest BCUT2D eigenvalue weighted by Crippen LogP contribution is 2.15. The second kappa shape index (κ2) is 6.16. The zero-order valence-corrected chi connectivity index (χ0v) is 13.4. The predicted octanol–water partition coefficient (Wildman–Crippen LogP) is 2.05. The van der Waals surface area contributed by atoms with Crippen LogP contribution in [0.3, 0.4) is 0 Å². The largest absolute Gasteiger partial charge is 0.337 e. The molecular formula is C17H14N6O2. The molecule has 1 amide bonds. The van der Waals surface area contributed by atoms with Crippen LogP contribution < -0.4 is 0 Å². The van der Waals surface area contributed by atoms with E-state index in [0.29, 0.717) is 17.4 Å². The van der Waals surface area contributed by atoms with Crippen LogP contribution in [-0.2, 0) is 6.54 Å². The van der Waals surface area contributed by atoms with Crippen LogP contribution in [0, 0.1) is 0 Å². The van der Waals surface area contributed by atoms with Gasteiger partial charge in [-0.15, -0.1) is 0 Å². The molecule has 0 N–H and O–H groups in total. The van der Waals surface area contributed by atoms with Gasteiger partial charge in [-0.05, 0) is 30.3 Å². The van der Waals surface area contributed by atoms with Crippen molar-refractivity contribution in [1.29, 1.82) is 0 Å². The molecule has 0 aliphatic rings. The molecule has 0 fully saturated rings. The fourth-order valence-corrected chi connectivity index (χ4v) is 2.52. The number of carbonyl (C=O) groups is 1. The van der Waals surface area contributed by atoms with Gasteiger partial charge < -0.3 is 9.42 Å². The summed E-state index contributed by atoms with van der Waals surface area (Å²) in [6.45, 7) is 0.203. The van der Waals surface area contributed by atoms with Gasteiger partial charge in [0.25, 0.3) is 5.91 Å². The molecule has 0 spiro atoms. The molecule has 8 heteroatoms. The second-order valence-corrected chi connectivity index (χ2v) is 5.49. The molecule has 4 heterocycles. The molecule has 0 saturated carbocycles. The van der Waals surface area contributed by atoms with Crippen molar-refractivity contribution in [1.82, 2.24) is 29.6 Å². The minimum Gasteiger partial charge on any atom is -0.337 e. The molecule has 25 heavy (non-hydrogen) atoms. The van der Waals surface area contributed by atoms with Crippen LogP contribution in [0.15, 0.2) is 59.5 Å². The lowest BCUT2D eigenvalue weighted by atomic mass is 10.2. The first kappa shape index (κ1) is 15.0. The lowest BCUT2D eigenvalue weighted by molar-refractivity contribution is 0.0761. The first-order valence-electron chi connectivity index (χ1n) is 7.63. The smallest absolute Gasteiger partial charge is 0.272 e. The molecule has 4 aromatic heterocycles. The van der Waals surface area contributed by atoms with E-state index in [0.717, 1.165) is 11.1 Å². The van der Waals surface area contributed by atoms with Crippen molar-refractivity contribution in [3.63, 3.8) is 0 Å². The van der Waals surface area contributed by atoms with Crippen molar-refractivity contribution < 1.29 is 9.32 Å². The van der Waals surface area contributed by atoms with Gasteiger partial charge in [-0.25, -0.2) is 4.52 Å². The molecule has 0 bridgehead atoms. The Morgan fingerprint density at radius 1 is 1.16 bits per heavy atom. The Labute approximate surface area is 142 Å². The maximum absolute atomic E-state index is 12.7. The van der Waals surface area contributed by atoms with E-state index in [1.807, 2.05) is 18.2 Å². The predicted molar refractivity (Wildman–Crippen MR) is 88.5 cm³/mol. The SMILES string of the molecule is CN(Cc1nc(-c2ccncc2)no1)C(=O)c1cccc2ccnn12. The fraction of sp³-hybridized carbons (Fsp3) is 0.118. The van der Waals surface area contributed by atoms with Crippen molar-refractivity contribution in [2.45, 2.75) is 6.54 Å². The summed E-state index contributed by atoms with van der Waals surface area (Å²) in [5.41, 5.74) is 2.14. The van der Waals surface area contributed by atoms with Crippen LogP contribution in [0.5, 0.6) is 0 Å². The molecule has 0 atom stereocenters. The zero-order chi connectivity index (χ0) is 17.2. The monoisotopic (exact) mass is 334 g/mol. The van der Waals surface area contributed by atoms with Crippen molar-refractivity contribution in [3.8, 4) is 11.4 Å². The van der Waals surface area contributed by atoms with E-state index in [4.69, 9.17) is 4.52 Å². The Morgan fingerprint density at radius 2 is 2.00 bits per heavy atom. The molecular weight excluding hydrogens is 320 g/mol. The minimum atomic E-state index is -0.182. The van der Waals surface area contributed by atoms with E-state index in [-0.39, 0.29) is 12.5 Å². The average Bonchev–Trinajstić information content (AvgIpc) is 3.30. The van der Waals surface area contributed by atoms with Gasteiger partial charge in [0.05, 0.1) is 11.7 Å². The quantitative estimate of drug-likeness (QED) is 0.567. The molecule has 0 aromatic carbocycles. The number of pyridine rings is 2. The fourth-order valence-electron chi connectivity index (χ4n) is 2.52. The van der Waals surface area contributed by atoms with Gasteiger partial charge in [0.15, 0.2) is 0 Å². The van der Waals surface area contributed by atoms with Gasteiger partial charge in [0.1, 0.15) is 12.2 Å². The van der Waals surface area contributed by atoms with Gasteiger partial charge >= 0.3 is 0 Å². The van der Waals surface area contributed by atoms with E-state index in [2.05, 4.69) is 20.2 Å². The first-order valence-corrected chi connectivity index (χ1v) is 7.63. The van der Waals surface area contributed by atoms with E-state index in [1.165, 1.54) is 4.90 Å². The number of hydrogen-bond donors (Lipinski definition) is 0. The van der Waals surface area contributed by atoms with Crippen LogP contribution >= 0.6 is 0 Å². The van der Waals surface area contributed by atoms with E-state index < -0.39 is 0 Å². The number of amides is 1. The summed E-state index contributed by atoms with van der Waals surface area (Å²) in [6, 6.07) is 10.9. The van der Waals surface area contributed by atoms with Gasteiger partial charge in [0.2, 0.25) is 11.7 Å². The van der Waals surface area contributed by atoms with Crippen LogP contribution in [0.2, 0.25) is 0 Å². The number of aromatic nitrogens is 5. The lowest BCUT2D eigenvalue weighted by Gasteiger charge is -2.15. The number of nitrogens with zero attached hydrogens (tertiary/aromatic N) is 6. The Morgan fingerprint density at radius 3 is 2.84 bits per heavy atom. The van der Waals surface area contributed by atoms with Crippen LogP contribution in [0.1, 0.15) is 16.4 Å². The Balaban J connectivity index is 1.54. The summed E-state index contributed by atoms with van der Waals surface area (Å²) < 4.78 is 6.86. The van der Waals surface area contributed by atoms with Crippen LogP contribution in [-0.4, -0.2) is 42.6 Å². The third-order valence-corrected chi connectivity index (χ3v) is 3.77. The highest BCUT2D eigenvalue weighted by molar-refractivity contribution is 5.93. The maximum atomic E-state index is 12.7. The first-order chi connectivity index (χ1) is 12.2. The molecule has 4 rings (SSSR count). The molecule has 0 aliphatic heterocycles. The normalized spacial score (nSPS) is 10.9. The third-order valence-electron chi connectivity index (χ3n) is 3.77. The third kappa shape index (κ3) is 2.85. The molecule has 0 aliphatic carbocycles. The van der Waals surface area contributed by atoms with Crippen molar-refractivity contribution in [2.75, 3.05) is 7.05 Å². The highest BCUT2D eigenvalue weighted by Gasteiger charge is 2.18. The zero-order valence-electron chi connectivity index (χ0n) is 13.4. The standard InChI is InChI=1S/C17H14N6O2/c1-22(17(24)14-4-2-3-13-7-10-19-23(13)14)11-15-20-16(21-25-15)12-5-8-18-9-6-12/h2-10H,11H2,1H3. The van der Waals surface area contributed by atoms with E-state index in [9.17, 15) is 4.79 Å². The number of fused-ring (bicyclic) bond motifs is 1. The maximum Gasteiger partial charge on any atom is 0.272 e. The summed E-state index contributed by atoms with van der Waals surface area (Å²) in [4.78, 5) is 22.5. The molecule has 124 valence electrons. The average molecular weight is 334 g/mol. The van der Waals surface area contributed by atoms with Crippen molar-refractivity contribution >= 4 is 11.4 Å². The second-order valence-electron chi connectivity index (χ2n) is 5.49. The highest BCUT2D eigenvalue weighted by atomic mass is 16.5. The Kier molecular flexibility index (Phi) is 3.70. The number of hydrogen-bond acceptors (Lipinski definition) is 6. The summed E-state index contributed by atoms with van der Waals surface area (Å²) in [5, 5.41) is 8.13. The van der Waals surface area contributed by atoms with Crippen molar-refractivity contribution in [3.05, 3.63) is 66.6 Å². The molecule has 8 nitrogen and oxygen atoms in total. The summed E-state index contributed by atoms with van der Waals surface area (Å²) in [6.07, 6.45) is 4.97. The van der Waals surface area contributed by atoms with Crippen LogP contribution in [0.4, 0.5) is 0 Å². The topological polar surface area (TPSA) is 89.4 Å². The van der Waals surface area contributed by atoms with E-state index in [1.54, 1.807) is 48.4 Å². The Hall–Kier alpha value is -3.55. The van der Waals surface area contributed by atoms with E-state index >= 15 is 0 Å². The van der Waals surface area contributed by atoms with Gasteiger partial charge in [-0.3, -0.25) is 9.78 Å². The summed E-state index contributed by atoms with van der Waals surface area (Å²) in [5.74, 6) is 0.640.